The van der Waals surface area contributed by atoms with Crippen molar-refractivity contribution in [2.24, 2.45) is 0 Å². The van der Waals surface area contributed by atoms with Gasteiger partial charge in [0.25, 0.3) is 5.69 Å². The highest BCUT2D eigenvalue weighted by molar-refractivity contribution is 7.99. The van der Waals surface area contributed by atoms with Crippen molar-refractivity contribution >= 4 is 62.7 Å². The molecule has 2 aromatic heterocycles. The van der Waals surface area contributed by atoms with Crippen LogP contribution in [-0.2, 0) is 4.79 Å². The summed E-state index contributed by atoms with van der Waals surface area (Å²) >= 11 is 6.87. The van der Waals surface area contributed by atoms with E-state index in [0.717, 1.165) is 22.7 Å². The number of para-hydroxylation sites is 1. The number of aromatic nitrogens is 4. The second-order valence-corrected chi connectivity index (χ2v) is 7.07. The molecule has 140 valence electrons. The fourth-order valence-electron chi connectivity index (χ4n) is 2.62. The number of nitrogens with zero attached hydrogens (tertiary/aromatic N) is 4. The van der Waals surface area contributed by atoms with Gasteiger partial charge in [-0.25, -0.2) is 4.98 Å². The molecule has 2 N–H and O–H groups in total. The zero-order chi connectivity index (χ0) is 19.7. The van der Waals surface area contributed by atoms with Crippen LogP contribution in [0.4, 0.5) is 11.4 Å². The first-order valence-electron chi connectivity index (χ1n) is 7.99. The zero-order valence-corrected chi connectivity index (χ0v) is 15.6. The summed E-state index contributed by atoms with van der Waals surface area (Å²) in [6.45, 7) is 0. The molecule has 0 radical (unpaired) electrons. The lowest BCUT2D eigenvalue weighted by molar-refractivity contribution is -0.384. The molecule has 2 aromatic carbocycles. The molecule has 2 heterocycles. The molecule has 11 heteroatoms. The Morgan fingerprint density at radius 1 is 1.25 bits per heavy atom. The van der Waals surface area contributed by atoms with Crippen molar-refractivity contribution in [1.82, 2.24) is 20.2 Å². The van der Waals surface area contributed by atoms with E-state index in [9.17, 15) is 14.9 Å². The molecule has 4 aromatic rings. The average Bonchev–Trinajstić information content (AvgIpc) is 3.05. The minimum atomic E-state index is -0.609. The third-order valence-corrected chi connectivity index (χ3v) is 5.02. The molecule has 0 aliphatic heterocycles. The van der Waals surface area contributed by atoms with Gasteiger partial charge in [0.15, 0.2) is 5.65 Å². The molecular formula is C17H11ClN6O3S. The van der Waals surface area contributed by atoms with E-state index in [1.165, 1.54) is 18.2 Å². The van der Waals surface area contributed by atoms with Crippen molar-refractivity contribution in [2.75, 3.05) is 11.1 Å². The lowest BCUT2D eigenvalue weighted by Gasteiger charge is -2.05. The normalized spacial score (nSPS) is 11.0. The smallest absolute Gasteiger partial charge is 0.289 e. The van der Waals surface area contributed by atoms with Gasteiger partial charge in [0.05, 0.1) is 10.7 Å². The second kappa shape index (κ2) is 7.41. The van der Waals surface area contributed by atoms with Crippen molar-refractivity contribution in [3.05, 3.63) is 57.6 Å². The molecular weight excluding hydrogens is 404 g/mol. The van der Waals surface area contributed by atoms with Gasteiger partial charge in [0.1, 0.15) is 10.5 Å². The zero-order valence-electron chi connectivity index (χ0n) is 14.0. The van der Waals surface area contributed by atoms with E-state index < -0.39 is 4.92 Å². The number of amides is 1. The second-order valence-electron chi connectivity index (χ2n) is 5.72. The van der Waals surface area contributed by atoms with Crippen LogP contribution in [0.25, 0.3) is 22.1 Å². The van der Waals surface area contributed by atoms with E-state index in [1.807, 2.05) is 24.3 Å². The number of nitro groups is 1. The first-order chi connectivity index (χ1) is 13.5. The largest absolute Gasteiger partial charge is 0.338 e. The highest BCUT2D eigenvalue weighted by atomic mass is 35.5. The molecule has 28 heavy (non-hydrogen) atoms. The number of nitro benzene ring substituents is 1. The molecule has 0 bridgehead atoms. The number of halogens is 1. The number of nitrogens with one attached hydrogen (secondary N) is 2. The summed E-state index contributed by atoms with van der Waals surface area (Å²) in [5.41, 5.74) is 2.17. The Labute approximate surface area is 166 Å². The highest BCUT2D eigenvalue weighted by Gasteiger charge is 2.15. The molecule has 0 aliphatic carbocycles. The van der Waals surface area contributed by atoms with Gasteiger partial charge < -0.3 is 10.3 Å². The third-order valence-electron chi connectivity index (χ3n) is 3.86. The Bertz CT molecular complexity index is 1230. The maximum Gasteiger partial charge on any atom is 0.289 e. The number of benzene rings is 2. The molecule has 0 spiro atoms. The Balaban J connectivity index is 1.45. The van der Waals surface area contributed by atoms with Crippen molar-refractivity contribution in [1.29, 1.82) is 0 Å². The van der Waals surface area contributed by atoms with Gasteiger partial charge in [-0.05, 0) is 18.2 Å². The van der Waals surface area contributed by atoms with E-state index in [0.29, 0.717) is 16.3 Å². The quantitative estimate of drug-likeness (QED) is 0.289. The lowest BCUT2D eigenvalue weighted by Crippen LogP contribution is -2.14. The number of H-pyrrole nitrogens is 1. The summed E-state index contributed by atoms with van der Waals surface area (Å²) in [5, 5.41) is 23.0. The number of hydrogen-bond donors (Lipinski definition) is 2. The summed E-state index contributed by atoms with van der Waals surface area (Å²) in [7, 11) is 0. The van der Waals surface area contributed by atoms with Crippen LogP contribution in [0.1, 0.15) is 0 Å². The van der Waals surface area contributed by atoms with E-state index in [4.69, 9.17) is 11.6 Å². The fraction of sp³-hybridized carbons (Fsp3) is 0.0588. The van der Waals surface area contributed by atoms with Crippen LogP contribution < -0.4 is 5.32 Å². The van der Waals surface area contributed by atoms with Crippen LogP contribution in [0, 0.1) is 10.1 Å². The van der Waals surface area contributed by atoms with Crippen LogP contribution >= 0.6 is 23.4 Å². The van der Waals surface area contributed by atoms with Gasteiger partial charge >= 0.3 is 0 Å². The van der Waals surface area contributed by atoms with Gasteiger partial charge in [-0.15, -0.1) is 10.2 Å². The predicted octanol–water partition coefficient (Wildman–Crippen LogP) is 3.80. The molecule has 0 fully saturated rings. The number of carbonyl (C=O) groups excluding carboxylic acids is 1. The maximum atomic E-state index is 12.1. The summed E-state index contributed by atoms with van der Waals surface area (Å²) in [4.78, 5) is 30.0. The number of rotatable bonds is 5. The van der Waals surface area contributed by atoms with Crippen LogP contribution in [0.3, 0.4) is 0 Å². The number of carbonyl (C=O) groups is 1. The van der Waals surface area contributed by atoms with Crippen molar-refractivity contribution < 1.29 is 9.72 Å². The molecule has 9 nitrogen and oxygen atoms in total. The SMILES string of the molecule is O=C(CSc1nnc2c(n1)[nH]c1ccccc12)Nc1ccc(Cl)c([N+](=O)[O-])c1. The van der Waals surface area contributed by atoms with Crippen molar-refractivity contribution in [2.45, 2.75) is 5.16 Å². The van der Waals surface area contributed by atoms with Gasteiger partial charge in [0.2, 0.25) is 11.1 Å². The molecule has 1 amide bonds. The first kappa shape index (κ1) is 18.1. The maximum absolute atomic E-state index is 12.1. The molecule has 0 aliphatic rings. The monoisotopic (exact) mass is 414 g/mol. The van der Waals surface area contributed by atoms with Crippen molar-refractivity contribution in [3.63, 3.8) is 0 Å². The third kappa shape index (κ3) is 3.59. The minimum Gasteiger partial charge on any atom is -0.338 e. The number of fused-ring (bicyclic) bond motifs is 3. The standard InChI is InChI=1S/C17H11ClN6O3S/c18-11-6-5-9(7-13(11)24(26)27)19-14(25)8-28-17-21-16-15(22-23-17)10-3-1-2-4-12(10)20-16/h1-7H,8H2,(H,19,25)(H,20,21,23). The summed E-state index contributed by atoms with van der Waals surface area (Å²) in [6, 6.07) is 11.7. The minimum absolute atomic E-state index is 0.00323. The molecule has 0 unspecified atom stereocenters. The fourth-order valence-corrected chi connectivity index (χ4v) is 3.40. The van der Waals surface area contributed by atoms with Crippen molar-refractivity contribution in [3.8, 4) is 0 Å². The average molecular weight is 415 g/mol. The van der Waals surface area contributed by atoms with Crippen LogP contribution in [0.5, 0.6) is 0 Å². The summed E-state index contributed by atoms with van der Waals surface area (Å²) in [6.07, 6.45) is 0. The number of thioether (sulfide) groups is 1. The van der Waals surface area contributed by atoms with Gasteiger partial charge in [-0.3, -0.25) is 14.9 Å². The van der Waals surface area contributed by atoms with E-state index in [-0.39, 0.29) is 28.1 Å². The van der Waals surface area contributed by atoms with E-state index >= 15 is 0 Å². The van der Waals surface area contributed by atoms with Gasteiger partial charge in [-0.2, -0.15) is 0 Å². The molecule has 0 atom stereocenters. The van der Waals surface area contributed by atoms with Crippen LogP contribution in [-0.4, -0.2) is 36.7 Å². The molecule has 4 rings (SSSR count). The van der Waals surface area contributed by atoms with E-state index in [2.05, 4.69) is 25.5 Å². The topological polar surface area (TPSA) is 127 Å². The van der Waals surface area contributed by atoms with Gasteiger partial charge in [0, 0.05) is 22.7 Å². The number of hydrogen-bond acceptors (Lipinski definition) is 7. The lowest BCUT2D eigenvalue weighted by atomic mass is 10.2. The van der Waals surface area contributed by atoms with E-state index in [1.54, 1.807) is 0 Å². The Morgan fingerprint density at radius 3 is 2.89 bits per heavy atom. The Morgan fingerprint density at radius 2 is 2.07 bits per heavy atom. The molecule has 0 saturated heterocycles. The summed E-state index contributed by atoms with van der Waals surface area (Å²) < 4.78 is 0. The Hall–Kier alpha value is -3.24. The molecule has 0 saturated carbocycles. The predicted molar refractivity (Wildman–Crippen MR) is 107 cm³/mol. The van der Waals surface area contributed by atoms with Gasteiger partial charge in [-0.1, -0.05) is 41.6 Å². The number of anilines is 1. The summed E-state index contributed by atoms with van der Waals surface area (Å²) in [5.74, 6) is -0.342. The first-order valence-corrected chi connectivity index (χ1v) is 9.35. The van der Waals surface area contributed by atoms with Crippen LogP contribution in [0.2, 0.25) is 5.02 Å². The Kier molecular flexibility index (Phi) is 4.80. The highest BCUT2D eigenvalue weighted by Crippen LogP contribution is 2.28. The van der Waals surface area contributed by atoms with Crippen LogP contribution in [0.15, 0.2) is 47.6 Å². The number of aromatic amines is 1.